The number of hydrogen-bond acceptors (Lipinski definition) is 8. The van der Waals surface area contributed by atoms with Crippen molar-refractivity contribution in [1.82, 2.24) is 14.9 Å². The van der Waals surface area contributed by atoms with Gasteiger partial charge in [0.25, 0.3) is 5.91 Å². The largest absolute Gasteiger partial charge is 0.360 e. The molecular weight excluding hydrogens is 500 g/mol. The zero-order valence-corrected chi connectivity index (χ0v) is 22.0. The van der Waals surface area contributed by atoms with Gasteiger partial charge < -0.3 is 9.64 Å². The second kappa shape index (κ2) is 10.5. The van der Waals surface area contributed by atoms with Crippen molar-refractivity contribution in [2.24, 2.45) is 0 Å². The highest BCUT2D eigenvalue weighted by atomic mass is 32.2. The Morgan fingerprint density at radius 1 is 1.11 bits per heavy atom. The van der Waals surface area contributed by atoms with Crippen molar-refractivity contribution in [3.05, 3.63) is 35.0 Å². The Morgan fingerprint density at radius 2 is 1.83 bits per heavy atom. The van der Waals surface area contributed by atoms with Gasteiger partial charge in [0, 0.05) is 43.1 Å². The van der Waals surface area contributed by atoms with E-state index >= 15 is 0 Å². The van der Waals surface area contributed by atoms with Gasteiger partial charge in [-0.2, -0.15) is 0 Å². The van der Waals surface area contributed by atoms with Gasteiger partial charge in [0.2, 0.25) is 5.91 Å². The van der Waals surface area contributed by atoms with Gasteiger partial charge in [-0.05, 0) is 44.6 Å². The van der Waals surface area contributed by atoms with Gasteiger partial charge in [0.1, 0.15) is 0 Å². The van der Waals surface area contributed by atoms with E-state index in [1.807, 2.05) is 10.3 Å². The first-order valence-electron chi connectivity index (χ1n) is 12.7. The molecule has 2 aromatic heterocycles. The average molecular weight is 533 g/mol. The third kappa shape index (κ3) is 5.63. The number of piperidine rings is 1. The number of pyridine rings is 1. The third-order valence-electron chi connectivity index (χ3n) is 7.30. The quantitative estimate of drug-likeness (QED) is 0.549. The Labute approximate surface area is 215 Å². The van der Waals surface area contributed by atoms with E-state index in [1.165, 1.54) is 23.6 Å². The van der Waals surface area contributed by atoms with Gasteiger partial charge in [-0.1, -0.05) is 18.9 Å². The van der Waals surface area contributed by atoms with Crippen LogP contribution >= 0.6 is 11.3 Å². The summed E-state index contributed by atoms with van der Waals surface area (Å²) in [6.07, 6.45) is 7.50. The van der Waals surface area contributed by atoms with Gasteiger partial charge in [0.15, 0.2) is 26.1 Å². The Balaban J connectivity index is 1.28. The summed E-state index contributed by atoms with van der Waals surface area (Å²) in [6, 6.07) is 3.12. The van der Waals surface area contributed by atoms with E-state index in [0.717, 1.165) is 57.3 Å². The van der Waals surface area contributed by atoms with Gasteiger partial charge in [-0.25, -0.2) is 18.4 Å². The van der Waals surface area contributed by atoms with Crippen LogP contribution in [0.3, 0.4) is 0 Å². The summed E-state index contributed by atoms with van der Waals surface area (Å²) in [7, 11) is -3.40. The van der Waals surface area contributed by atoms with Crippen LogP contribution < -0.4 is 5.32 Å². The van der Waals surface area contributed by atoms with E-state index in [1.54, 1.807) is 13.0 Å². The number of hydrogen-bond donors (Lipinski definition) is 1. The van der Waals surface area contributed by atoms with Crippen molar-refractivity contribution in [2.75, 3.05) is 18.4 Å². The summed E-state index contributed by atoms with van der Waals surface area (Å²) in [5.41, 5.74) is 1.46. The summed E-state index contributed by atoms with van der Waals surface area (Å²) < 4.78 is 31.2. The molecule has 11 heteroatoms. The minimum absolute atomic E-state index is 0.0195. The summed E-state index contributed by atoms with van der Waals surface area (Å²) in [5, 5.41) is 5.09. The highest BCUT2D eigenvalue weighted by molar-refractivity contribution is 7.92. The SMILES string of the molecule is CC(=O)N1CCC(c2csc(NC(=O)C(OC3CCCC3)c3ccc(S(=O)(=O)C4CC4)nc3)n2)CC1. The summed E-state index contributed by atoms with van der Waals surface area (Å²) in [6.45, 7) is 3.03. The van der Waals surface area contributed by atoms with E-state index < -0.39 is 15.9 Å². The van der Waals surface area contributed by atoms with E-state index in [-0.39, 0.29) is 34.1 Å². The topological polar surface area (TPSA) is 119 Å². The maximum absolute atomic E-state index is 13.3. The molecule has 0 spiro atoms. The molecule has 2 aliphatic carbocycles. The maximum atomic E-state index is 13.3. The van der Waals surface area contributed by atoms with Gasteiger partial charge in [-0.3, -0.25) is 14.9 Å². The first kappa shape index (κ1) is 25.3. The first-order chi connectivity index (χ1) is 17.3. The van der Waals surface area contributed by atoms with Crippen LogP contribution in [0.15, 0.2) is 28.7 Å². The molecule has 5 rings (SSSR count). The molecule has 3 fully saturated rings. The lowest BCUT2D eigenvalue weighted by molar-refractivity contribution is -0.132. The van der Waals surface area contributed by atoms with E-state index in [2.05, 4.69) is 15.3 Å². The highest BCUT2D eigenvalue weighted by Crippen LogP contribution is 2.35. The molecule has 3 heterocycles. The normalized spacial score (nSPS) is 20.4. The predicted molar refractivity (Wildman–Crippen MR) is 135 cm³/mol. The lowest BCUT2D eigenvalue weighted by Gasteiger charge is -2.30. The van der Waals surface area contributed by atoms with Crippen molar-refractivity contribution >= 4 is 38.1 Å². The number of rotatable bonds is 8. The number of aromatic nitrogens is 2. The van der Waals surface area contributed by atoms with Crippen LogP contribution in [0, 0.1) is 0 Å². The van der Waals surface area contributed by atoms with Crippen LogP contribution in [0.4, 0.5) is 5.13 Å². The van der Waals surface area contributed by atoms with Gasteiger partial charge in [0.05, 0.1) is 17.0 Å². The van der Waals surface area contributed by atoms with E-state index in [4.69, 9.17) is 4.74 Å². The van der Waals surface area contributed by atoms with Crippen LogP contribution in [0.2, 0.25) is 0 Å². The summed E-state index contributed by atoms with van der Waals surface area (Å²) in [5.74, 6) is 0.0210. The Morgan fingerprint density at radius 3 is 2.44 bits per heavy atom. The molecule has 36 heavy (non-hydrogen) atoms. The molecule has 1 saturated heterocycles. The number of ether oxygens (including phenoxy) is 1. The first-order valence-corrected chi connectivity index (χ1v) is 15.1. The van der Waals surface area contributed by atoms with Crippen molar-refractivity contribution < 1.29 is 22.7 Å². The lowest BCUT2D eigenvalue weighted by atomic mass is 9.94. The van der Waals surface area contributed by atoms with E-state index in [9.17, 15) is 18.0 Å². The Kier molecular flexibility index (Phi) is 7.41. The standard InChI is InChI=1S/C25H32N4O5S2/c1-16(30)29-12-10-17(11-13-29)21-15-35-25(27-21)28-24(31)23(34-19-4-2-3-5-19)18-6-9-22(26-14-18)36(32,33)20-7-8-20/h6,9,14-15,17,19-20,23H,2-5,7-8,10-13H2,1H3,(H,27,28,31). The number of sulfone groups is 1. The molecule has 0 bridgehead atoms. The molecule has 0 aromatic carbocycles. The van der Waals surface area contributed by atoms with Crippen molar-refractivity contribution in [3.8, 4) is 0 Å². The molecule has 1 unspecified atom stereocenters. The average Bonchev–Trinajstić information content (AvgIpc) is 3.44. The molecule has 2 aromatic rings. The number of nitrogens with one attached hydrogen (secondary N) is 1. The number of carbonyl (C=O) groups excluding carboxylic acids is 2. The van der Waals surface area contributed by atoms with Crippen molar-refractivity contribution in [1.29, 1.82) is 0 Å². The number of carbonyl (C=O) groups is 2. The zero-order valence-electron chi connectivity index (χ0n) is 20.4. The summed E-state index contributed by atoms with van der Waals surface area (Å²) in [4.78, 5) is 35.6. The number of anilines is 1. The van der Waals surface area contributed by atoms with Crippen molar-refractivity contribution in [2.45, 2.75) is 86.7 Å². The zero-order chi connectivity index (χ0) is 25.3. The molecule has 1 aliphatic heterocycles. The monoisotopic (exact) mass is 532 g/mol. The molecular formula is C25H32N4O5S2. The summed E-state index contributed by atoms with van der Waals surface area (Å²) >= 11 is 1.38. The Bertz CT molecular complexity index is 1200. The molecule has 2 saturated carbocycles. The van der Waals surface area contributed by atoms with E-state index in [0.29, 0.717) is 23.5 Å². The molecule has 2 amide bonds. The third-order valence-corrected chi connectivity index (χ3v) is 10.2. The Hall–Kier alpha value is -2.37. The maximum Gasteiger partial charge on any atom is 0.259 e. The van der Waals surface area contributed by atoms with Crippen LogP contribution in [0.1, 0.15) is 81.6 Å². The molecule has 3 aliphatic rings. The van der Waals surface area contributed by atoms with Crippen LogP contribution in [-0.4, -0.2) is 59.5 Å². The second-order valence-corrected chi connectivity index (χ2v) is 13.0. The number of nitrogens with zero attached hydrogens (tertiary/aromatic N) is 3. The lowest BCUT2D eigenvalue weighted by Crippen LogP contribution is -2.36. The van der Waals surface area contributed by atoms with Crippen LogP contribution in [-0.2, 0) is 24.2 Å². The predicted octanol–water partition coefficient (Wildman–Crippen LogP) is 3.84. The fourth-order valence-corrected chi connectivity index (χ4v) is 7.32. The number of thiazole rings is 1. The molecule has 9 nitrogen and oxygen atoms in total. The minimum Gasteiger partial charge on any atom is -0.360 e. The van der Waals surface area contributed by atoms with Crippen molar-refractivity contribution in [3.63, 3.8) is 0 Å². The fourth-order valence-electron chi connectivity index (χ4n) is 4.97. The molecule has 0 radical (unpaired) electrons. The minimum atomic E-state index is -3.40. The van der Waals surface area contributed by atoms with Crippen LogP contribution in [0.25, 0.3) is 0 Å². The smallest absolute Gasteiger partial charge is 0.259 e. The van der Waals surface area contributed by atoms with Crippen LogP contribution in [0.5, 0.6) is 0 Å². The van der Waals surface area contributed by atoms with Gasteiger partial charge >= 0.3 is 0 Å². The number of likely N-dealkylation sites (tertiary alicyclic amines) is 1. The molecule has 1 atom stereocenters. The molecule has 1 N–H and O–H groups in total. The second-order valence-electron chi connectivity index (χ2n) is 9.94. The fraction of sp³-hybridized carbons (Fsp3) is 0.600. The van der Waals surface area contributed by atoms with Gasteiger partial charge in [-0.15, -0.1) is 11.3 Å². The molecule has 194 valence electrons. The number of amides is 2. The highest BCUT2D eigenvalue weighted by Gasteiger charge is 2.38.